The normalized spacial score (nSPS) is 20.1. The zero-order valence-corrected chi connectivity index (χ0v) is 22.3. The van der Waals surface area contributed by atoms with Crippen LogP contribution in [0.25, 0.3) is 0 Å². The molecule has 3 N–H and O–H groups in total. The molecular weight excluding hydrogens is 563 g/mol. The van der Waals surface area contributed by atoms with E-state index in [9.17, 15) is 8.78 Å². The molecule has 0 bridgehead atoms. The molecule has 0 spiro atoms. The minimum absolute atomic E-state index is 0.0597. The van der Waals surface area contributed by atoms with E-state index in [0.29, 0.717) is 30.0 Å². The van der Waals surface area contributed by atoms with Crippen LogP contribution in [0.15, 0.2) is 24.4 Å². The van der Waals surface area contributed by atoms with Crippen molar-refractivity contribution in [2.45, 2.75) is 51.9 Å². The minimum atomic E-state index is -2.43. The average molecular weight is 593 g/mol. The number of rotatable bonds is 7. The maximum atomic E-state index is 13.3. The first kappa shape index (κ1) is 24.4. The van der Waals surface area contributed by atoms with Gasteiger partial charge in [-0.05, 0) is 98.0 Å². The van der Waals surface area contributed by atoms with Gasteiger partial charge in [-0.3, -0.25) is 5.10 Å². The molecule has 2 aliphatic rings. The average Bonchev–Trinajstić information content (AvgIpc) is 3.19. The molecule has 35 heavy (non-hydrogen) atoms. The molecule has 10 heteroatoms. The summed E-state index contributed by atoms with van der Waals surface area (Å²) in [5.74, 6) is -0.490. The Hall–Kier alpha value is -2.34. The first-order valence-corrected chi connectivity index (χ1v) is 13.1. The fraction of sp³-hybridized carbons (Fsp3) is 0.480. The Balaban J connectivity index is 1.25. The van der Waals surface area contributed by atoms with Gasteiger partial charge < -0.3 is 15.5 Å². The van der Waals surface area contributed by atoms with Crippen molar-refractivity contribution in [3.05, 3.63) is 50.4 Å². The quantitative estimate of drug-likeness (QED) is 0.290. The summed E-state index contributed by atoms with van der Waals surface area (Å²) in [4.78, 5) is 11.3. The summed E-state index contributed by atoms with van der Waals surface area (Å²) in [5, 5.41) is 13.7. The number of aromatic amines is 1. The highest BCUT2D eigenvalue weighted by molar-refractivity contribution is 14.1. The Bertz CT molecular complexity index is 1220. The van der Waals surface area contributed by atoms with Gasteiger partial charge in [0, 0.05) is 42.5 Å². The summed E-state index contributed by atoms with van der Waals surface area (Å²) < 4.78 is 27.4. The SMILES string of the molecule is Cc1cc(Nc2nc(Nc3cc(C)c(C4CCN(CC5CC5(F)F)CC4)cc3C)ncc2I)n[nH]1. The molecule has 1 saturated carbocycles. The lowest BCUT2D eigenvalue weighted by Gasteiger charge is -2.33. The number of nitrogens with one attached hydrogen (secondary N) is 3. The summed E-state index contributed by atoms with van der Waals surface area (Å²) in [5.41, 5.74) is 5.65. The topological polar surface area (TPSA) is 81.8 Å². The number of nitrogens with zero attached hydrogens (tertiary/aromatic N) is 4. The van der Waals surface area contributed by atoms with E-state index in [4.69, 9.17) is 0 Å². The van der Waals surface area contributed by atoms with Gasteiger partial charge in [-0.25, -0.2) is 13.8 Å². The second-order valence-corrected chi connectivity index (χ2v) is 11.0. The molecule has 2 fully saturated rings. The van der Waals surface area contributed by atoms with Gasteiger partial charge >= 0.3 is 0 Å². The minimum Gasteiger partial charge on any atom is -0.324 e. The van der Waals surface area contributed by atoms with E-state index in [1.165, 1.54) is 11.1 Å². The Morgan fingerprint density at radius 1 is 1.11 bits per heavy atom. The summed E-state index contributed by atoms with van der Waals surface area (Å²) in [6, 6.07) is 6.34. The predicted molar refractivity (Wildman–Crippen MR) is 142 cm³/mol. The van der Waals surface area contributed by atoms with Crippen molar-refractivity contribution < 1.29 is 8.78 Å². The van der Waals surface area contributed by atoms with Crippen LogP contribution in [-0.4, -0.2) is 50.6 Å². The van der Waals surface area contributed by atoms with E-state index in [1.807, 2.05) is 13.0 Å². The fourth-order valence-electron chi connectivity index (χ4n) is 4.86. The molecule has 2 aromatic heterocycles. The molecule has 1 unspecified atom stereocenters. The highest BCUT2D eigenvalue weighted by atomic mass is 127. The summed E-state index contributed by atoms with van der Waals surface area (Å²) in [6.07, 6.45) is 3.85. The molecule has 1 saturated heterocycles. The van der Waals surface area contributed by atoms with Gasteiger partial charge in [0.1, 0.15) is 0 Å². The van der Waals surface area contributed by atoms with Crippen molar-refractivity contribution in [3.8, 4) is 0 Å². The summed E-state index contributed by atoms with van der Waals surface area (Å²) >= 11 is 2.20. The van der Waals surface area contributed by atoms with Crippen LogP contribution < -0.4 is 10.6 Å². The molecule has 3 aromatic rings. The predicted octanol–water partition coefficient (Wildman–Crippen LogP) is 6.05. The van der Waals surface area contributed by atoms with Crippen molar-refractivity contribution in [1.29, 1.82) is 0 Å². The molecule has 0 amide bonds. The molecule has 3 heterocycles. The number of anilines is 4. The lowest BCUT2D eigenvalue weighted by atomic mass is 9.85. The van der Waals surface area contributed by atoms with Crippen LogP contribution in [0, 0.1) is 30.3 Å². The zero-order valence-electron chi connectivity index (χ0n) is 20.1. The number of alkyl halides is 2. The Kier molecular flexibility index (Phi) is 6.69. The third kappa shape index (κ3) is 5.58. The lowest BCUT2D eigenvalue weighted by molar-refractivity contribution is 0.0831. The van der Waals surface area contributed by atoms with Crippen LogP contribution in [0.5, 0.6) is 0 Å². The molecule has 1 aliphatic carbocycles. The molecule has 1 aliphatic heterocycles. The number of aryl methyl sites for hydroxylation is 3. The van der Waals surface area contributed by atoms with E-state index in [2.05, 4.69) is 84.3 Å². The Morgan fingerprint density at radius 2 is 1.86 bits per heavy atom. The molecule has 1 atom stereocenters. The molecule has 0 radical (unpaired) electrons. The number of hydrogen-bond donors (Lipinski definition) is 3. The third-order valence-electron chi connectivity index (χ3n) is 7.02. The Morgan fingerprint density at radius 3 is 2.51 bits per heavy atom. The van der Waals surface area contributed by atoms with Gasteiger partial charge in [-0.1, -0.05) is 6.07 Å². The second-order valence-electron chi connectivity index (χ2n) is 9.84. The van der Waals surface area contributed by atoms with Crippen LogP contribution in [0.3, 0.4) is 0 Å². The number of halogens is 3. The van der Waals surface area contributed by atoms with Crippen molar-refractivity contribution in [2.75, 3.05) is 30.3 Å². The third-order valence-corrected chi connectivity index (χ3v) is 7.81. The van der Waals surface area contributed by atoms with Crippen LogP contribution in [0.4, 0.5) is 32.1 Å². The summed E-state index contributed by atoms with van der Waals surface area (Å²) in [6.45, 7) is 8.48. The van der Waals surface area contributed by atoms with Crippen molar-refractivity contribution >= 4 is 45.9 Å². The van der Waals surface area contributed by atoms with Crippen molar-refractivity contribution in [1.82, 2.24) is 25.1 Å². The van der Waals surface area contributed by atoms with Gasteiger partial charge in [0.05, 0.1) is 3.57 Å². The number of likely N-dealkylation sites (tertiary alicyclic amines) is 1. The number of aromatic nitrogens is 4. The van der Waals surface area contributed by atoms with Gasteiger partial charge in [-0.15, -0.1) is 0 Å². The molecule has 5 rings (SSSR count). The van der Waals surface area contributed by atoms with Crippen molar-refractivity contribution in [2.24, 2.45) is 5.92 Å². The molecule has 186 valence electrons. The van der Waals surface area contributed by atoms with Crippen molar-refractivity contribution in [3.63, 3.8) is 0 Å². The monoisotopic (exact) mass is 593 g/mol. The molecule has 1 aromatic carbocycles. The van der Waals surface area contributed by atoms with Crippen LogP contribution in [-0.2, 0) is 0 Å². The second kappa shape index (κ2) is 9.61. The maximum absolute atomic E-state index is 13.3. The van der Waals surface area contributed by atoms with E-state index >= 15 is 0 Å². The molecular formula is C25H30F2IN7. The van der Waals surface area contributed by atoms with Gasteiger partial charge in [0.15, 0.2) is 11.6 Å². The van der Waals surface area contributed by atoms with E-state index in [0.717, 1.165) is 46.4 Å². The largest absolute Gasteiger partial charge is 0.324 e. The first-order chi connectivity index (χ1) is 16.7. The van der Waals surface area contributed by atoms with Crippen LogP contribution >= 0.6 is 22.6 Å². The summed E-state index contributed by atoms with van der Waals surface area (Å²) in [7, 11) is 0. The molecule has 7 nitrogen and oxygen atoms in total. The number of piperidine rings is 1. The first-order valence-electron chi connectivity index (χ1n) is 12.0. The van der Waals surface area contributed by atoms with Gasteiger partial charge in [-0.2, -0.15) is 10.1 Å². The number of benzene rings is 1. The van der Waals surface area contributed by atoms with E-state index < -0.39 is 11.8 Å². The highest BCUT2D eigenvalue weighted by Crippen LogP contribution is 2.49. The van der Waals surface area contributed by atoms with E-state index in [1.54, 1.807) is 6.20 Å². The Labute approximate surface area is 217 Å². The zero-order chi connectivity index (χ0) is 24.7. The van der Waals surface area contributed by atoms with Crippen LogP contribution in [0.1, 0.15) is 47.6 Å². The lowest BCUT2D eigenvalue weighted by Crippen LogP contribution is -2.35. The smallest absolute Gasteiger partial charge is 0.252 e. The van der Waals surface area contributed by atoms with Gasteiger partial charge in [0.25, 0.3) is 5.92 Å². The number of hydrogen-bond acceptors (Lipinski definition) is 6. The number of H-pyrrole nitrogens is 1. The van der Waals surface area contributed by atoms with Gasteiger partial charge in [0.2, 0.25) is 5.95 Å². The standard InChI is InChI=1S/C25H30F2IN7/c1-14-9-21(30-24-29-12-20(28)23(32-24)31-22-10-16(3)33-34-22)15(2)8-19(14)17-4-6-35(7-5-17)13-18-11-25(18,26)27/h8-10,12,17-18H,4-7,11,13H2,1-3H3,(H3,29,30,31,32,33,34). The highest BCUT2D eigenvalue weighted by Gasteiger charge is 2.57. The maximum Gasteiger partial charge on any atom is 0.252 e. The fourth-order valence-corrected chi connectivity index (χ4v) is 5.25. The van der Waals surface area contributed by atoms with E-state index in [-0.39, 0.29) is 6.42 Å². The van der Waals surface area contributed by atoms with Crippen LogP contribution in [0.2, 0.25) is 0 Å².